The smallest absolute Gasteiger partial charge is 0.353 e. The summed E-state index contributed by atoms with van der Waals surface area (Å²) in [5.41, 5.74) is 15.9. The number of carboxylic acid groups (broad SMARTS) is 1. The lowest BCUT2D eigenvalue weighted by Gasteiger charge is -2.51. The number of hydrogen-bond acceptors (Lipinski definition) is 12. The Bertz CT molecular complexity index is 1980. The highest BCUT2D eigenvalue weighted by atomic mass is 35.5. The fourth-order valence-corrected chi connectivity index (χ4v) is 6.42. The van der Waals surface area contributed by atoms with Crippen LogP contribution in [0.15, 0.2) is 46.2 Å². The number of nitrogen functional groups attached to an aromatic ring is 1. The number of rotatable bonds is 10. The number of carbonyl (C=O) groups is 4. The second-order valence-electron chi connectivity index (χ2n) is 12.3. The van der Waals surface area contributed by atoms with E-state index in [9.17, 15) is 33.9 Å². The van der Waals surface area contributed by atoms with Crippen LogP contribution in [0.3, 0.4) is 0 Å². The minimum absolute atomic E-state index is 0. The van der Waals surface area contributed by atoms with Gasteiger partial charge in [-0.2, -0.15) is 0 Å². The molecule has 0 saturated heterocycles. The third kappa shape index (κ3) is 7.45. The number of carbonyl (C=O) groups excluding carboxylic acids is 3. The number of imidazole rings is 1. The van der Waals surface area contributed by atoms with E-state index in [0.29, 0.717) is 11.0 Å². The van der Waals surface area contributed by atoms with Crippen molar-refractivity contribution in [1.29, 1.82) is 0 Å². The number of fused-ring (bicyclic) bond motifs is 4. The SMILES string of the molecule is C.COC(=O)C12CCC(CN)(CC1)CC2.Cl.NC(=O)c1ncn2c(C(=O)O)cc(C(=O)NCc3cccc(CNc4c(N)c(=O)c4=O)c3)nc12. The van der Waals surface area contributed by atoms with Gasteiger partial charge in [0.25, 0.3) is 22.7 Å². The van der Waals surface area contributed by atoms with Crippen LogP contribution in [0, 0.1) is 10.8 Å². The normalized spacial score (nSPS) is 18.9. The topological polar surface area (TPSA) is 264 Å². The first-order chi connectivity index (χ1) is 22.8. The van der Waals surface area contributed by atoms with Gasteiger partial charge >= 0.3 is 11.9 Å². The van der Waals surface area contributed by atoms with E-state index < -0.39 is 28.6 Å². The van der Waals surface area contributed by atoms with Crippen molar-refractivity contribution in [1.82, 2.24) is 19.7 Å². The molecule has 0 unspecified atom stereocenters. The molecule has 0 aliphatic heterocycles. The second-order valence-corrected chi connectivity index (χ2v) is 12.3. The molecule has 4 aromatic rings. The fourth-order valence-electron chi connectivity index (χ4n) is 6.42. The molecule has 0 atom stereocenters. The predicted molar refractivity (Wildman–Crippen MR) is 187 cm³/mol. The summed E-state index contributed by atoms with van der Waals surface area (Å²) in [6, 6.07) is 8.09. The van der Waals surface area contributed by atoms with Crippen LogP contribution >= 0.6 is 12.4 Å². The monoisotopic (exact) mass is 712 g/mol. The van der Waals surface area contributed by atoms with Crippen molar-refractivity contribution in [2.75, 3.05) is 24.7 Å². The average molecular weight is 713 g/mol. The van der Waals surface area contributed by atoms with Gasteiger partial charge in [0, 0.05) is 19.2 Å². The molecular weight excluding hydrogens is 672 g/mol. The molecule has 0 spiro atoms. The number of halogens is 1. The van der Waals surface area contributed by atoms with Crippen LogP contribution in [0.25, 0.3) is 5.65 Å². The van der Waals surface area contributed by atoms with Crippen LogP contribution in [0.2, 0.25) is 0 Å². The van der Waals surface area contributed by atoms with Crippen LogP contribution in [0.5, 0.6) is 0 Å². The van der Waals surface area contributed by atoms with Crippen LogP contribution in [0.4, 0.5) is 11.4 Å². The fraction of sp³-hybridized carbons (Fsp3) is 0.394. The van der Waals surface area contributed by atoms with Gasteiger partial charge in [0.1, 0.15) is 29.1 Å². The summed E-state index contributed by atoms with van der Waals surface area (Å²) in [7, 11) is 1.50. The van der Waals surface area contributed by atoms with Gasteiger partial charge in [0.05, 0.1) is 12.5 Å². The van der Waals surface area contributed by atoms with Crippen LogP contribution in [0.1, 0.15) is 88.5 Å². The summed E-state index contributed by atoms with van der Waals surface area (Å²) >= 11 is 0. The highest BCUT2D eigenvalue weighted by Crippen LogP contribution is 2.56. The maximum atomic E-state index is 12.7. The Morgan fingerprint density at radius 3 is 2.16 bits per heavy atom. The molecule has 3 aliphatic carbocycles. The van der Waals surface area contributed by atoms with Gasteiger partial charge in [-0.15, -0.1) is 12.4 Å². The molecule has 2 aromatic carbocycles. The predicted octanol–water partition coefficient (Wildman–Crippen LogP) is 1.76. The average Bonchev–Trinajstić information content (AvgIpc) is 3.55. The second kappa shape index (κ2) is 15.5. The first kappa shape index (κ1) is 39.1. The van der Waals surface area contributed by atoms with E-state index in [4.69, 9.17) is 21.9 Å². The number of nitrogens with two attached hydrogens (primary N) is 3. The molecule has 17 heteroatoms. The Morgan fingerprint density at radius 1 is 1.00 bits per heavy atom. The first-order valence-electron chi connectivity index (χ1n) is 15.2. The summed E-state index contributed by atoms with van der Waals surface area (Å²) < 4.78 is 5.96. The zero-order valence-corrected chi connectivity index (χ0v) is 27.4. The summed E-state index contributed by atoms with van der Waals surface area (Å²) in [6.07, 6.45) is 7.37. The molecule has 2 heterocycles. The van der Waals surface area contributed by atoms with Crippen molar-refractivity contribution in [2.24, 2.45) is 22.3 Å². The number of aromatic nitrogens is 3. The van der Waals surface area contributed by atoms with Gasteiger partial charge < -0.3 is 37.7 Å². The van der Waals surface area contributed by atoms with Crippen LogP contribution < -0.4 is 38.7 Å². The third-order valence-corrected chi connectivity index (χ3v) is 9.50. The van der Waals surface area contributed by atoms with Crippen molar-refractivity contribution in [2.45, 2.75) is 59.0 Å². The van der Waals surface area contributed by atoms with Crippen molar-refractivity contribution in [3.8, 4) is 0 Å². The van der Waals surface area contributed by atoms with E-state index >= 15 is 0 Å². The molecule has 2 bridgehead atoms. The van der Waals surface area contributed by atoms with Gasteiger partial charge in [-0.25, -0.2) is 14.8 Å². The Balaban J connectivity index is 0.000000355. The lowest BCUT2D eigenvalue weighted by atomic mass is 9.54. The first-order valence-corrected chi connectivity index (χ1v) is 15.2. The Morgan fingerprint density at radius 2 is 1.62 bits per heavy atom. The number of primary amides is 1. The lowest BCUT2D eigenvalue weighted by molar-refractivity contribution is -0.162. The van der Waals surface area contributed by atoms with Gasteiger partial charge in [0.15, 0.2) is 11.3 Å². The minimum atomic E-state index is -1.35. The largest absolute Gasteiger partial charge is 0.477 e. The van der Waals surface area contributed by atoms with Gasteiger partial charge in [0.2, 0.25) is 0 Å². The number of methoxy groups -OCH3 is 1. The van der Waals surface area contributed by atoms with Gasteiger partial charge in [-0.05, 0) is 61.6 Å². The summed E-state index contributed by atoms with van der Waals surface area (Å²) in [6.45, 7) is 1.09. The number of ether oxygens (including phenoxy) is 1. The summed E-state index contributed by atoms with van der Waals surface area (Å²) in [4.78, 5) is 78.0. The van der Waals surface area contributed by atoms with Crippen LogP contribution in [-0.4, -0.2) is 56.9 Å². The number of nitrogens with zero attached hydrogens (tertiary/aromatic N) is 3. The number of esters is 1. The number of aromatic carboxylic acids is 1. The Labute approximate surface area is 292 Å². The van der Waals surface area contributed by atoms with Crippen molar-refractivity contribution in [3.63, 3.8) is 0 Å². The molecule has 268 valence electrons. The van der Waals surface area contributed by atoms with E-state index in [2.05, 4.69) is 20.6 Å². The zero-order chi connectivity index (χ0) is 34.8. The molecule has 0 radical (unpaired) electrons. The summed E-state index contributed by atoms with van der Waals surface area (Å²) in [5.74, 6) is -2.94. The highest BCUT2D eigenvalue weighted by Gasteiger charge is 2.52. The Kier molecular flexibility index (Phi) is 12.1. The molecule has 3 saturated carbocycles. The van der Waals surface area contributed by atoms with E-state index in [0.717, 1.165) is 67.4 Å². The maximum absolute atomic E-state index is 12.7. The third-order valence-electron chi connectivity index (χ3n) is 9.50. The Hall–Kier alpha value is -5.35. The quantitative estimate of drug-likeness (QED) is 0.101. The van der Waals surface area contributed by atoms with Gasteiger partial charge in [-0.1, -0.05) is 31.7 Å². The number of nitrogens with one attached hydrogen (secondary N) is 2. The molecular formula is C33H41ClN8O8. The van der Waals surface area contributed by atoms with E-state index in [1.165, 1.54) is 7.11 Å². The number of hydrogen-bond donors (Lipinski definition) is 6. The molecule has 3 fully saturated rings. The number of amides is 2. The molecule has 3 aliphatic rings. The number of benzene rings is 1. The molecule has 16 nitrogen and oxygen atoms in total. The minimum Gasteiger partial charge on any atom is -0.477 e. The number of anilines is 2. The van der Waals surface area contributed by atoms with E-state index in [-0.39, 0.29) is 78.4 Å². The maximum Gasteiger partial charge on any atom is 0.353 e. The van der Waals surface area contributed by atoms with E-state index in [1.807, 2.05) is 0 Å². The molecule has 9 N–H and O–H groups in total. The van der Waals surface area contributed by atoms with Crippen molar-refractivity contribution in [3.05, 3.63) is 85.3 Å². The van der Waals surface area contributed by atoms with Gasteiger partial charge in [-0.3, -0.25) is 28.4 Å². The number of carboxylic acids is 1. The van der Waals surface area contributed by atoms with E-state index in [1.54, 1.807) is 24.3 Å². The molecule has 50 heavy (non-hydrogen) atoms. The molecule has 2 aromatic heterocycles. The standard InChI is InChI=1S/C21H17N7O6.C11H19NO2.CH4.ClH/c22-13-14(17(30)16(13)29)24-6-9-2-1-3-10(4-9)7-25-20(32)11-5-12(21(33)34)28-8-26-15(18(23)31)19(28)27-11;1-14-9(13)11-5-2-10(8-12,3-6-11)4-7-11;;/h1-5,8,24H,6-7,22H2,(H2,23,31)(H,25,32)(H,33,34);2-8,12H2,1H3;1H4;1H. The van der Waals surface area contributed by atoms with Crippen molar-refractivity contribution < 1.29 is 29.0 Å². The van der Waals surface area contributed by atoms with Crippen molar-refractivity contribution >= 4 is 53.2 Å². The molecule has 7 rings (SSSR count). The zero-order valence-electron chi connectivity index (χ0n) is 26.6. The van der Waals surface area contributed by atoms with Crippen LogP contribution in [-0.2, 0) is 22.6 Å². The molecule has 2 amide bonds. The highest BCUT2D eigenvalue weighted by molar-refractivity contribution is 6.00. The summed E-state index contributed by atoms with van der Waals surface area (Å²) in [5, 5.41) is 14.9. The lowest BCUT2D eigenvalue weighted by Crippen LogP contribution is -2.49.